The van der Waals surface area contributed by atoms with Gasteiger partial charge in [0.15, 0.2) is 0 Å². The molecule has 0 aliphatic carbocycles. The lowest BCUT2D eigenvalue weighted by molar-refractivity contribution is -0.118. The topological polar surface area (TPSA) is 64.7 Å². The van der Waals surface area contributed by atoms with Crippen molar-refractivity contribution in [2.75, 3.05) is 5.32 Å². The van der Waals surface area contributed by atoms with Crippen LogP contribution in [-0.2, 0) is 11.3 Å². The summed E-state index contributed by atoms with van der Waals surface area (Å²) in [7, 11) is 0. The molecule has 1 atom stereocenters. The van der Waals surface area contributed by atoms with Crippen molar-refractivity contribution in [3.8, 4) is 0 Å². The number of carbonyl (C=O) groups excluding carboxylic acids is 1. The third kappa shape index (κ3) is 3.36. The summed E-state index contributed by atoms with van der Waals surface area (Å²) in [5.74, 6) is 2.12. The van der Waals surface area contributed by atoms with Crippen LogP contribution in [0.25, 0.3) is 11.0 Å². The lowest BCUT2D eigenvalue weighted by atomic mass is 10.2. The molecule has 1 aromatic carbocycles. The van der Waals surface area contributed by atoms with E-state index >= 15 is 0 Å². The van der Waals surface area contributed by atoms with Crippen LogP contribution < -0.4 is 5.32 Å². The molecule has 3 aromatic rings. The first-order valence-corrected chi connectivity index (χ1v) is 9.22. The summed E-state index contributed by atoms with van der Waals surface area (Å²) in [4.78, 5) is 21.7. The molecule has 0 radical (unpaired) electrons. The summed E-state index contributed by atoms with van der Waals surface area (Å²) in [6.45, 7) is 11.2. The van der Waals surface area contributed by atoms with Crippen molar-refractivity contribution in [2.45, 2.75) is 59.5 Å². The van der Waals surface area contributed by atoms with Crippen molar-refractivity contribution >= 4 is 22.6 Å². The fourth-order valence-electron chi connectivity index (χ4n) is 3.31. The molecule has 0 aliphatic heterocycles. The first kappa shape index (κ1) is 18.2. The van der Waals surface area contributed by atoms with Crippen LogP contribution in [0.5, 0.6) is 0 Å². The van der Waals surface area contributed by atoms with E-state index in [1.807, 2.05) is 42.8 Å². The molecule has 3 rings (SSSR count). The Labute approximate surface area is 154 Å². The fraction of sp³-hybridized carbons (Fsp3) is 0.450. The number of hydrogen-bond donors (Lipinski definition) is 1. The van der Waals surface area contributed by atoms with E-state index in [0.29, 0.717) is 0 Å². The number of aromatic nitrogens is 4. The van der Waals surface area contributed by atoms with Gasteiger partial charge in [0.1, 0.15) is 17.7 Å². The molecule has 0 bridgehead atoms. The van der Waals surface area contributed by atoms with Crippen LogP contribution in [0.4, 0.5) is 5.69 Å². The third-order valence-corrected chi connectivity index (χ3v) is 4.67. The number of anilines is 1. The normalized spacial score (nSPS) is 12.7. The van der Waals surface area contributed by atoms with Crippen LogP contribution >= 0.6 is 0 Å². The van der Waals surface area contributed by atoms with E-state index in [1.54, 1.807) is 6.20 Å². The minimum Gasteiger partial charge on any atom is -0.328 e. The standard InChI is InChI=1S/C20H27N5O/c1-6-10-25-15(5)22-17-12-16(7-8-18(17)25)23-20(26)14(4)24-11-9-21-19(24)13(2)3/h7-9,11-14H,6,10H2,1-5H3,(H,23,26). The highest BCUT2D eigenvalue weighted by molar-refractivity contribution is 5.95. The average molecular weight is 353 g/mol. The van der Waals surface area contributed by atoms with Gasteiger partial charge in [-0.1, -0.05) is 20.8 Å². The molecular weight excluding hydrogens is 326 g/mol. The largest absolute Gasteiger partial charge is 0.328 e. The van der Waals surface area contributed by atoms with Crippen LogP contribution in [0.15, 0.2) is 30.6 Å². The number of aryl methyl sites for hydroxylation is 2. The van der Waals surface area contributed by atoms with E-state index in [9.17, 15) is 4.79 Å². The van der Waals surface area contributed by atoms with Gasteiger partial charge in [0.2, 0.25) is 5.91 Å². The van der Waals surface area contributed by atoms with Gasteiger partial charge in [0.25, 0.3) is 0 Å². The predicted octanol–water partition coefficient (Wildman–Crippen LogP) is 4.27. The van der Waals surface area contributed by atoms with E-state index < -0.39 is 0 Å². The zero-order chi connectivity index (χ0) is 18.8. The van der Waals surface area contributed by atoms with E-state index in [4.69, 9.17) is 0 Å². The Morgan fingerprint density at radius 1 is 1.27 bits per heavy atom. The lowest BCUT2D eigenvalue weighted by Gasteiger charge is -2.18. The Balaban J connectivity index is 1.82. The van der Waals surface area contributed by atoms with Crippen LogP contribution in [0, 0.1) is 6.92 Å². The molecule has 2 aromatic heterocycles. The molecule has 1 N–H and O–H groups in total. The van der Waals surface area contributed by atoms with Crippen molar-refractivity contribution in [2.24, 2.45) is 0 Å². The first-order chi connectivity index (χ1) is 12.4. The van der Waals surface area contributed by atoms with Crippen molar-refractivity contribution in [3.05, 3.63) is 42.2 Å². The number of imidazole rings is 2. The van der Waals surface area contributed by atoms with Gasteiger partial charge in [-0.3, -0.25) is 4.79 Å². The SMILES string of the molecule is CCCn1c(C)nc2cc(NC(=O)C(C)n3ccnc3C(C)C)ccc21. The lowest BCUT2D eigenvalue weighted by Crippen LogP contribution is -2.25. The van der Waals surface area contributed by atoms with Crippen molar-refractivity contribution in [3.63, 3.8) is 0 Å². The molecule has 6 nitrogen and oxygen atoms in total. The second-order valence-corrected chi connectivity index (χ2v) is 7.03. The number of rotatable bonds is 6. The monoisotopic (exact) mass is 353 g/mol. The van der Waals surface area contributed by atoms with Crippen molar-refractivity contribution < 1.29 is 4.79 Å². The summed E-state index contributed by atoms with van der Waals surface area (Å²) in [5, 5.41) is 3.01. The molecule has 0 aliphatic rings. The first-order valence-electron chi connectivity index (χ1n) is 9.22. The number of benzene rings is 1. The van der Waals surface area contributed by atoms with Gasteiger partial charge in [0, 0.05) is 30.5 Å². The Kier molecular flexibility index (Phi) is 5.11. The van der Waals surface area contributed by atoms with Gasteiger partial charge >= 0.3 is 0 Å². The molecule has 26 heavy (non-hydrogen) atoms. The Hall–Kier alpha value is -2.63. The maximum atomic E-state index is 12.7. The van der Waals surface area contributed by atoms with Gasteiger partial charge in [-0.15, -0.1) is 0 Å². The van der Waals surface area contributed by atoms with Crippen LogP contribution in [0.1, 0.15) is 57.7 Å². The number of hydrogen-bond acceptors (Lipinski definition) is 3. The minimum absolute atomic E-state index is 0.0611. The van der Waals surface area contributed by atoms with E-state index in [2.05, 4.69) is 40.6 Å². The Bertz CT molecular complexity index is 922. The number of fused-ring (bicyclic) bond motifs is 1. The summed E-state index contributed by atoms with van der Waals surface area (Å²) in [5.41, 5.74) is 2.78. The highest BCUT2D eigenvalue weighted by Gasteiger charge is 2.19. The van der Waals surface area contributed by atoms with Crippen molar-refractivity contribution in [1.82, 2.24) is 19.1 Å². The maximum Gasteiger partial charge on any atom is 0.247 e. The number of amides is 1. The zero-order valence-corrected chi connectivity index (χ0v) is 16.2. The molecule has 2 heterocycles. The van der Waals surface area contributed by atoms with E-state index in [-0.39, 0.29) is 17.9 Å². The molecular formula is C20H27N5O. The predicted molar refractivity (Wildman–Crippen MR) is 104 cm³/mol. The highest BCUT2D eigenvalue weighted by Crippen LogP contribution is 2.23. The van der Waals surface area contributed by atoms with Crippen molar-refractivity contribution in [1.29, 1.82) is 0 Å². The Morgan fingerprint density at radius 3 is 2.73 bits per heavy atom. The van der Waals surface area contributed by atoms with Crippen LogP contribution in [0.3, 0.4) is 0 Å². The van der Waals surface area contributed by atoms with Crippen LogP contribution in [0.2, 0.25) is 0 Å². The molecule has 0 spiro atoms. The average Bonchev–Trinajstić information content (AvgIpc) is 3.19. The molecule has 0 saturated carbocycles. The quantitative estimate of drug-likeness (QED) is 0.719. The maximum absolute atomic E-state index is 12.7. The molecule has 0 fully saturated rings. The molecule has 1 amide bonds. The molecule has 138 valence electrons. The number of carbonyl (C=O) groups is 1. The smallest absolute Gasteiger partial charge is 0.247 e. The second-order valence-electron chi connectivity index (χ2n) is 7.03. The number of nitrogens with zero attached hydrogens (tertiary/aromatic N) is 4. The Morgan fingerprint density at radius 2 is 2.04 bits per heavy atom. The zero-order valence-electron chi connectivity index (χ0n) is 16.2. The van der Waals surface area contributed by atoms with E-state index in [1.165, 1.54) is 0 Å². The minimum atomic E-state index is -0.329. The van der Waals surface area contributed by atoms with Gasteiger partial charge in [-0.2, -0.15) is 0 Å². The molecule has 0 saturated heterocycles. The highest BCUT2D eigenvalue weighted by atomic mass is 16.2. The van der Waals surface area contributed by atoms with Gasteiger partial charge in [-0.25, -0.2) is 9.97 Å². The van der Waals surface area contributed by atoms with E-state index in [0.717, 1.165) is 41.3 Å². The van der Waals surface area contributed by atoms with Gasteiger partial charge in [0.05, 0.1) is 11.0 Å². The summed E-state index contributed by atoms with van der Waals surface area (Å²) in [6.07, 6.45) is 4.66. The van der Waals surface area contributed by atoms with Gasteiger partial charge in [-0.05, 0) is 38.5 Å². The third-order valence-electron chi connectivity index (χ3n) is 4.67. The second kappa shape index (κ2) is 7.32. The molecule has 6 heteroatoms. The fourth-order valence-corrected chi connectivity index (χ4v) is 3.31. The van der Waals surface area contributed by atoms with Crippen LogP contribution in [-0.4, -0.2) is 25.0 Å². The summed E-state index contributed by atoms with van der Waals surface area (Å²) >= 11 is 0. The van der Waals surface area contributed by atoms with Gasteiger partial charge < -0.3 is 14.5 Å². The summed E-state index contributed by atoms with van der Waals surface area (Å²) < 4.78 is 4.14. The number of nitrogens with one attached hydrogen (secondary N) is 1. The molecule has 1 unspecified atom stereocenters. The summed E-state index contributed by atoms with van der Waals surface area (Å²) in [6, 6.07) is 5.58.